The average molecular weight is 297 g/mol. The Bertz CT molecular complexity index is 696. The molecular weight excluding hydrogens is 278 g/mol. The second-order valence-corrected chi connectivity index (χ2v) is 6.70. The maximum Gasteiger partial charge on any atom is 0.222 e. The Morgan fingerprint density at radius 2 is 1.82 bits per heavy atom. The van der Waals surface area contributed by atoms with Crippen molar-refractivity contribution in [3.05, 3.63) is 35.9 Å². The maximum absolute atomic E-state index is 13.0. The quantitative estimate of drug-likeness (QED) is 0.787. The van der Waals surface area contributed by atoms with Gasteiger partial charge in [-0.25, -0.2) is 0 Å². The normalized spacial score (nSPS) is 42.7. The summed E-state index contributed by atoms with van der Waals surface area (Å²) < 4.78 is 5.60. The van der Waals surface area contributed by atoms with Crippen molar-refractivity contribution >= 4 is 17.3 Å². The van der Waals surface area contributed by atoms with Gasteiger partial charge in [0.25, 0.3) is 0 Å². The fourth-order valence-electron chi connectivity index (χ4n) is 5.02. The van der Waals surface area contributed by atoms with E-state index in [1.807, 2.05) is 37.3 Å². The minimum Gasteiger partial charge on any atom is -0.350 e. The van der Waals surface area contributed by atoms with Crippen molar-refractivity contribution < 1.29 is 14.3 Å². The first-order chi connectivity index (χ1) is 10.5. The molecule has 1 heterocycles. The second-order valence-electron chi connectivity index (χ2n) is 6.70. The number of fused-ring (bicyclic) bond motifs is 1. The standard InChI is InChI=1S/C18H19NO3/c1-9-12(11-7-5-4-6-8-11)14-16(20)13-10(2)19-18(22-3,15(9)13)17(14)21/h4-9,12-15H,1-3H3/t9-,12+,13+,14-,15?,18+/m0/s1. The van der Waals surface area contributed by atoms with Gasteiger partial charge < -0.3 is 4.74 Å². The van der Waals surface area contributed by atoms with E-state index in [9.17, 15) is 9.59 Å². The van der Waals surface area contributed by atoms with Crippen molar-refractivity contribution in [2.75, 3.05) is 7.11 Å². The van der Waals surface area contributed by atoms with Crippen molar-refractivity contribution in [3.63, 3.8) is 0 Å². The molecule has 4 bridgehead atoms. The molecule has 1 aromatic carbocycles. The first kappa shape index (κ1) is 13.8. The Morgan fingerprint density at radius 1 is 1.14 bits per heavy atom. The fourth-order valence-corrected chi connectivity index (χ4v) is 5.02. The number of ketones is 2. The Hall–Kier alpha value is -1.81. The van der Waals surface area contributed by atoms with Crippen LogP contribution in [0.4, 0.5) is 0 Å². The van der Waals surface area contributed by atoms with Crippen molar-refractivity contribution in [2.24, 2.45) is 28.7 Å². The van der Waals surface area contributed by atoms with E-state index >= 15 is 0 Å². The molecule has 1 unspecified atom stereocenters. The van der Waals surface area contributed by atoms with E-state index in [1.54, 1.807) is 0 Å². The van der Waals surface area contributed by atoms with Gasteiger partial charge in [0.1, 0.15) is 0 Å². The highest BCUT2D eigenvalue weighted by Gasteiger charge is 2.72. The Kier molecular flexibility index (Phi) is 2.74. The predicted octanol–water partition coefficient (Wildman–Crippen LogP) is 2.24. The summed E-state index contributed by atoms with van der Waals surface area (Å²) in [6.45, 7) is 3.98. The third kappa shape index (κ3) is 1.39. The minimum absolute atomic E-state index is 0.0355. The third-order valence-electron chi connectivity index (χ3n) is 5.84. The van der Waals surface area contributed by atoms with Crippen molar-refractivity contribution in [2.45, 2.75) is 25.5 Å². The topological polar surface area (TPSA) is 55.7 Å². The van der Waals surface area contributed by atoms with Gasteiger partial charge in [0.05, 0.1) is 11.8 Å². The number of carbonyl (C=O) groups is 2. The molecule has 1 aliphatic heterocycles. The fraction of sp³-hybridized carbons (Fsp3) is 0.500. The van der Waals surface area contributed by atoms with Gasteiger partial charge >= 0.3 is 0 Å². The smallest absolute Gasteiger partial charge is 0.222 e. The minimum atomic E-state index is -1.13. The first-order valence-corrected chi connectivity index (χ1v) is 7.77. The van der Waals surface area contributed by atoms with Gasteiger partial charge in [0, 0.05) is 24.7 Å². The summed E-state index contributed by atoms with van der Waals surface area (Å²) >= 11 is 0. The molecule has 0 spiro atoms. The van der Waals surface area contributed by atoms with Crippen molar-refractivity contribution in [1.29, 1.82) is 0 Å². The number of carbonyl (C=O) groups excluding carboxylic acids is 2. The monoisotopic (exact) mass is 297 g/mol. The van der Waals surface area contributed by atoms with Crippen LogP contribution in [0.1, 0.15) is 25.3 Å². The number of methoxy groups -OCH3 is 1. The molecule has 0 saturated heterocycles. The molecule has 6 atom stereocenters. The van der Waals surface area contributed by atoms with E-state index < -0.39 is 11.6 Å². The van der Waals surface area contributed by atoms with Gasteiger partial charge in [-0.15, -0.1) is 0 Å². The van der Waals surface area contributed by atoms with Crippen molar-refractivity contribution in [1.82, 2.24) is 0 Å². The number of rotatable bonds is 2. The largest absolute Gasteiger partial charge is 0.350 e. The predicted molar refractivity (Wildman–Crippen MR) is 81.7 cm³/mol. The molecule has 0 N–H and O–H groups in total. The van der Waals surface area contributed by atoms with E-state index in [4.69, 9.17) is 4.74 Å². The molecule has 0 amide bonds. The molecule has 114 valence electrons. The molecule has 3 aliphatic carbocycles. The molecule has 4 aliphatic rings. The van der Waals surface area contributed by atoms with Gasteiger partial charge in [0.2, 0.25) is 5.72 Å². The summed E-state index contributed by atoms with van der Waals surface area (Å²) in [5.41, 5.74) is 0.693. The van der Waals surface area contributed by atoms with Crippen LogP contribution < -0.4 is 0 Å². The highest BCUT2D eigenvalue weighted by molar-refractivity contribution is 6.22. The highest BCUT2D eigenvalue weighted by Crippen LogP contribution is 2.60. The number of Topliss-reactive ketones (excluding diaryl/α,β-unsaturated/α-hetero) is 2. The molecule has 3 fully saturated rings. The van der Waals surface area contributed by atoms with Gasteiger partial charge in [-0.1, -0.05) is 37.3 Å². The second kappa shape index (κ2) is 4.35. The first-order valence-electron chi connectivity index (χ1n) is 7.77. The van der Waals surface area contributed by atoms with Crippen LogP contribution in [0.3, 0.4) is 0 Å². The summed E-state index contributed by atoms with van der Waals surface area (Å²) in [5, 5.41) is 0. The average Bonchev–Trinajstić information content (AvgIpc) is 2.81. The van der Waals surface area contributed by atoms with Gasteiger partial charge in [-0.05, 0) is 18.4 Å². The Morgan fingerprint density at radius 3 is 2.45 bits per heavy atom. The van der Waals surface area contributed by atoms with Gasteiger partial charge in [-0.3, -0.25) is 14.6 Å². The molecule has 0 aromatic heterocycles. The van der Waals surface area contributed by atoms with Crippen LogP contribution in [0, 0.1) is 23.7 Å². The maximum atomic E-state index is 13.0. The molecule has 3 saturated carbocycles. The van der Waals surface area contributed by atoms with Crippen LogP contribution in [0.5, 0.6) is 0 Å². The van der Waals surface area contributed by atoms with Crippen LogP contribution in [0.15, 0.2) is 35.3 Å². The summed E-state index contributed by atoms with van der Waals surface area (Å²) in [6, 6.07) is 9.89. The summed E-state index contributed by atoms with van der Waals surface area (Å²) in [5.74, 6) is -1.06. The molecule has 4 heteroatoms. The Balaban J connectivity index is 1.89. The lowest BCUT2D eigenvalue weighted by Crippen LogP contribution is -2.65. The van der Waals surface area contributed by atoms with E-state index in [0.29, 0.717) is 0 Å². The van der Waals surface area contributed by atoms with Crippen LogP contribution in [-0.4, -0.2) is 30.1 Å². The van der Waals surface area contributed by atoms with Crippen LogP contribution >= 0.6 is 0 Å². The summed E-state index contributed by atoms with van der Waals surface area (Å²) in [7, 11) is 1.53. The SMILES string of the molecule is CO[C@@]12N=C(C)[C@H]3C(=O)[C@@H](C1=O)[C@@H](c1ccccc1)[C@H](C)C32. The van der Waals surface area contributed by atoms with Crippen LogP contribution in [0.25, 0.3) is 0 Å². The lowest BCUT2D eigenvalue weighted by atomic mass is 9.50. The number of nitrogens with zero attached hydrogens (tertiary/aromatic N) is 1. The molecule has 1 aromatic rings. The highest BCUT2D eigenvalue weighted by atomic mass is 16.5. The van der Waals surface area contributed by atoms with E-state index in [1.165, 1.54) is 7.11 Å². The van der Waals surface area contributed by atoms with Crippen LogP contribution in [-0.2, 0) is 14.3 Å². The zero-order valence-electron chi connectivity index (χ0n) is 12.9. The molecule has 22 heavy (non-hydrogen) atoms. The molecule has 4 nitrogen and oxygen atoms in total. The van der Waals surface area contributed by atoms with E-state index in [2.05, 4.69) is 11.9 Å². The van der Waals surface area contributed by atoms with Crippen LogP contribution in [0.2, 0.25) is 0 Å². The lowest BCUT2D eigenvalue weighted by Gasteiger charge is -2.53. The number of ether oxygens (including phenoxy) is 1. The molecule has 0 radical (unpaired) electrons. The number of hydrogen-bond donors (Lipinski definition) is 0. The molecule has 5 rings (SSSR count). The summed E-state index contributed by atoms with van der Waals surface area (Å²) in [6.07, 6.45) is 0. The number of aliphatic imine (C=N–C) groups is 1. The van der Waals surface area contributed by atoms with Gasteiger partial charge in [0.15, 0.2) is 11.6 Å². The van der Waals surface area contributed by atoms with E-state index in [-0.39, 0.29) is 35.2 Å². The number of hydrogen-bond acceptors (Lipinski definition) is 4. The lowest BCUT2D eigenvalue weighted by molar-refractivity contribution is -0.180. The van der Waals surface area contributed by atoms with E-state index in [0.717, 1.165) is 11.3 Å². The van der Waals surface area contributed by atoms with Gasteiger partial charge in [-0.2, -0.15) is 0 Å². The zero-order chi connectivity index (χ0) is 15.6. The summed E-state index contributed by atoms with van der Waals surface area (Å²) in [4.78, 5) is 30.4. The van der Waals surface area contributed by atoms with Crippen molar-refractivity contribution in [3.8, 4) is 0 Å². The zero-order valence-corrected chi connectivity index (χ0v) is 12.9. The number of benzene rings is 1. The third-order valence-corrected chi connectivity index (χ3v) is 5.84. The Labute approximate surface area is 129 Å². The molecular formula is C18H19NO3.